The zero-order valence-electron chi connectivity index (χ0n) is 15.7. The van der Waals surface area contributed by atoms with Crippen molar-refractivity contribution in [3.63, 3.8) is 0 Å². The number of thiophene rings is 1. The van der Waals surface area contributed by atoms with Gasteiger partial charge in [-0.15, -0.1) is 11.3 Å². The van der Waals surface area contributed by atoms with Crippen LogP contribution < -0.4 is 15.4 Å². The summed E-state index contributed by atoms with van der Waals surface area (Å²) >= 11 is 13.5. The van der Waals surface area contributed by atoms with Crippen molar-refractivity contribution < 1.29 is 19.1 Å². The minimum Gasteiger partial charge on any atom is -0.495 e. The molecule has 0 saturated heterocycles. The van der Waals surface area contributed by atoms with Crippen LogP contribution in [0.25, 0.3) is 0 Å². The molecule has 1 amide bonds. The molecule has 1 aromatic heterocycles. The molecule has 3 rings (SSSR count). The molecule has 0 aliphatic heterocycles. The second-order valence-corrected chi connectivity index (χ2v) is 9.44. The van der Waals surface area contributed by atoms with E-state index in [0.717, 1.165) is 29.7 Å². The van der Waals surface area contributed by atoms with E-state index in [4.69, 9.17) is 21.7 Å². The first-order valence-electron chi connectivity index (χ1n) is 8.82. The van der Waals surface area contributed by atoms with Crippen LogP contribution in [-0.4, -0.2) is 30.7 Å². The maximum Gasteiger partial charge on any atom is 0.341 e. The Morgan fingerprint density at radius 3 is 2.72 bits per heavy atom. The van der Waals surface area contributed by atoms with Gasteiger partial charge in [-0.1, -0.05) is 15.9 Å². The third kappa shape index (κ3) is 4.82. The van der Waals surface area contributed by atoms with Gasteiger partial charge in [0.05, 0.1) is 29.3 Å². The minimum atomic E-state index is -0.428. The standard InChI is InChI=1S/C19H18Br2N2O4S2/c1-3-27-18(25)14-10-5-4-6-13(10)29-17(14)23-19(28)22-16(24)11-7-9(20)8-12(21)15(11)26-2/h7-8H,3-6H2,1-2H3,(H2,22,23,24,28). The molecule has 1 heterocycles. The minimum absolute atomic E-state index is 0.0959. The average molecular weight is 562 g/mol. The van der Waals surface area contributed by atoms with E-state index in [2.05, 4.69) is 42.5 Å². The van der Waals surface area contributed by atoms with E-state index in [9.17, 15) is 9.59 Å². The summed E-state index contributed by atoms with van der Waals surface area (Å²) in [6.07, 6.45) is 2.78. The van der Waals surface area contributed by atoms with Crippen LogP contribution in [0.3, 0.4) is 0 Å². The molecule has 0 unspecified atom stereocenters. The highest BCUT2D eigenvalue weighted by Gasteiger charge is 2.28. The highest BCUT2D eigenvalue weighted by Crippen LogP contribution is 2.39. The van der Waals surface area contributed by atoms with Crippen molar-refractivity contribution in [2.75, 3.05) is 19.0 Å². The van der Waals surface area contributed by atoms with Crippen LogP contribution in [-0.2, 0) is 17.6 Å². The summed E-state index contributed by atoms with van der Waals surface area (Å²) in [4.78, 5) is 26.4. The fourth-order valence-electron chi connectivity index (χ4n) is 3.15. The van der Waals surface area contributed by atoms with Crippen LogP contribution in [0.2, 0.25) is 0 Å². The van der Waals surface area contributed by atoms with Crippen molar-refractivity contribution in [1.82, 2.24) is 5.32 Å². The summed E-state index contributed by atoms with van der Waals surface area (Å²) < 4.78 is 11.9. The molecule has 0 saturated carbocycles. The van der Waals surface area contributed by atoms with E-state index in [1.165, 1.54) is 18.4 Å². The van der Waals surface area contributed by atoms with Crippen LogP contribution in [0, 0.1) is 0 Å². The van der Waals surface area contributed by atoms with Gasteiger partial charge in [0.1, 0.15) is 10.8 Å². The largest absolute Gasteiger partial charge is 0.495 e. The van der Waals surface area contributed by atoms with Crippen LogP contribution in [0.1, 0.15) is 44.5 Å². The lowest BCUT2D eigenvalue weighted by molar-refractivity contribution is 0.0527. The number of carbonyl (C=O) groups is 2. The van der Waals surface area contributed by atoms with Crippen molar-refractivity contribution in [1.29, 1.82) is 0 Å². The molecule has 0 spiro atoms. The molecule has 10 heteroatoms. The maximum absolute atomic E-state index is 12.7. The Bertz CT molecular complexity index is 991. The highest BCUT2D eigenvalue weighted by atomic mass is 79.9. The molecule has 0 bridgehead atoms. The van der Waals surface area contributed by atoms with Gasteiger partial charge in [-0.05, 0) is 72.0 Å². The number of hydrogen-bond acceptors (Lipinski definition) is 6. The molecular formula is C19H18Br2N2O4S2. The first-order valence-corrected chi connectivity index (χ1v) is 11.6. The van der Waals surface area contributed by atoms with Gasteiger partial charge >= 0.3 is 5.97 Å². The van der Waals surface area contributed by atoms with E-state index >= 15 is 0 Å². The van der Waals surface area contributed by atoms with Crippen LogP contribution in [0.4, 0.5) is 5.00 Å². The number of carbonyl (C=O) groups excluding carboxylic acids is 2. The lowest BCUT2D eigenvalue weighted by atomic mass is 10.1. The first-order chi connectivity index (χ1) is 13.8. The van der Waals surface area contributed by atoms with Gasteiger partial charge in [-0.3, -0.25) is 10.1 Å². The summed E-state index contributed by atoms with van der Waals surface area (Å²) in [7, 11) is 1.49. The Balaban J connectivity index is 1.80. The number of benzene rings is 1. The van der Waals surface area contributed by atoms with E-state index in [0.29, 0.717) is 37.4 Å². The summed E-state index contributed by atoms with van der Waals surface area (Å²) in [6.45, 7) is 2.06. The third-order valence-corrected chi connectivity index (χ3v) is 6.77. The van der Waals surface area contributed by atoms with Crippen molar-refractivity contribution in [2.24, 2.45) is 0 Å². The zero-order valence-corrected chi connectivity index (χ0v) is 20.5. The Morgan fingerprint density at radius 2 is 2.03 bits per heavy atom. The van der Waals surface area contributed by atoms with E-state index in [-0.39, 0.29) is 11.1 Å². The zero-order chi connectivity index (χ0) is 21.1. The number of halogens is 2. The van der Waals surface area contributed by atoms with E-state index in [1.807, 2.05) is 0 Å². The quantitative estimate of drug-likeness (QED) is 0.392. The number of esters is 1. The Morgan fingerprint density at radius 1 is 1.28 bits per heavy atom. The number of thiocarbonyl (C=S) groups is 1. The smallest absolute Gasteiger partial charge is 0.341 e. The Kier molecular flexibility index (Phi) is 7.31. The molecule has 0 atom stereocenters. The molecule has 1 aliphatic carbocycles. The molecule has 0 fully saturated rings. The fourth-order valence-corrected chi connectivity index (χ4v) is 6.08. The second-order valence-electron chi connectivity index (χ2n) is 6.16. The molecule has 6 nitrogen and oxygen atoms in total. The van der Waals surface area contributed by atoms with E-state index < -0.39 is 5.91 Å². The maximum atomic E-state index is 12.7. The molecule has 2 aromatic rings. The summed E-state index contributed by atoms with van der Waals surface area (Å²) in [5.74, 6) is -0.403. The number of nitrogens with one attached hydrogen (secondary N) is 2. The number of aryl methyl sites for hydroxylation is 1. The molecule has 29 heavy (non-hydrogen) atoms. The van der Waals surface area contributed by atoms with Crippen molar-refractivity contribution in [2.45, 2.75) is 26.2 Å². The lowest BCUT2D eigenvalue weighted by Gasteiger charge is -2.13. The number of ether oxygens (including phenoxy) is 2. The van der Waals surface area contributed by atoms with Gasteiger partial charge in [0.2, 0.25) is 0 Å². The summed E-state index contributed by atoms with van der Waals surface area (Å²) in [6, 6.07) is 3.43. The molecule has 2 N–H and O–H groups in total. The number of methoxy groups -OCH3 is 1. The van der Waals surface area contributed by atoms with Crippen molar-refractivity contribution in [3.05, 3.63) is 42.6 Å². The first kappa shape index (κ1) is 22.2. The lowest BCUT2D eigenvalue weighted by Crippen LogP contribution is -2.34. The van der Waals surface area contributed by atoms with Crippen molar-refractivity contribution in [3.8, 4) is 5.75 Å². The van der Waals surface area contributed by atoms with Gasteiger partial charge in [0.25, 0.3) is 5.91 Å². The summed E-state index contributed by atoms with van der Waals surface area (Å²) in [5, 5.41) is 6.34. The van der Waals surface area contributed by atoms with Crippen molar-refractivity contribution >= 4 is 77.4 Å². The molecule has 1 aliphatic rings. The van der Waals surface area contributed by atoms with Gasteiger partial charge in [-0.25, -0.2) is 4.79 Å². The SMILES string of the molecule is CCOC(=O)c1c(NC(=S)NC(=O)c2cc(Br)cc(Br)c2OC)sc2c1CCC2. The molecule has 1 aromatic carbocycles. The number of hydrogen-bond donors (Lipinski definition) is 2. The number of anilines is 1. The highest BCUT2D eigenvalue weighted by molar-refractivity contribution is 9.11. The van der Waals surface area contributed by atoms with Gasteiger partial charge in [0, 0.05) is 9.35 Å². The topological polar surface area (TPSA) is 76.7 Å². The van der Waals surface area contributed by atoms with Crippen LogP contribution >= 0.6 is 55.4 Å². The van der Waals surface area contributed by atoms with Gasteiger partial charge < -0.3 is 14.8 Å². The Labute approximate surface area is 194 Å². The molecular weight excluding hydrogens is 544 g/mol. The third-order valence-electron chi connectivity index (χ3n) is 4.31. The number of amides is 1. The number of rotatable bonds is 5. The van der Waals surface area contributed by atoms with Crippen LogP contribution in [0.15, 0.2) is 21.1 Å². The number of fused-ring (bicyclic) bond motifs is 1. The van der Waals surface area contributed by atoms with E-state index in [1.54, 1.807) is 19.1 Å². The summed E-state index contributed by atoms with van der Waals surface area (Å²) in [5.41, 5.74) is 1.85. The molecule has 0 radical (unpaired) electrons. The predicted octanol–water partition coefficient (Wildman–Crippen LogP) is 5.07. The van der Waals surface area contributed by atoms with Gasteiger partial charge in [-0.2, -0.15) is 0 Å². The van der Waals surface area contributed by atoms with Gasteiger partial charge in [0.15, 0.2) is 5.11 Å². The monoisotopic (exact) mass is 560 g/mol. The van der Waals surface area contributed by atoms with Crippen LogP contribution in [0.5, 0.6) is 5.75 Å². The average Bonchev–Trinajstić information content (AvgIpc) is 3.21. The predicted molar refractivity (Wildman–Crippen MR) is 124 cm³/mol. The Hall–Kier alpha value is -1.49. The normalized spacial score (nSPS) is 12.3. The fraction of sp³-hybridized carbons (Fsp3) is 0.316. The molecule has 154 valence electrons. The second kappa shape index (κ2) is 9.55.